The second-order valence-corrected chi connectivity index (χ2v) is 5.93. The summed E-state index contributed by atoms with van der Waals surface area (Å²) >= 11 is 1.62. The second kappa shape index (κ2) is 6.53. The molecule has 2 rings (SSSR count). The van der Waals surface area contributed by atoms with Gasteiger partial charge in [-0.15, -0.1) is 11.3 Å². The minimum absolute atomic E-state index is 0.0529. The van der Waals surface area contributed by atoms with Crippen LogP contribution in [0.3, 0.4) is 0 Å². The van der Waals surface area contributed by atoms with Crippen molar-refractivity contribution in [2.24, 2.45) is 0 Å². The molecule has 3 amide bonds. The topological polar surface area (TPSA) is 83.1 Å². The van der Waals surface area contributed by atoms with Crippen molar-refractivity contribution >= 4 is 39.2 Å². The molecule has 21 heavy (non-hydrogen) atoms. The molecule has 0 atom stereocenters. The van der Waals surface area contributed by atoms with Crippen LogP contribution in [0.1, 0.15) is 24.8 Å². The number of fused-ring (bicyclic) bond motifs is 1. The number of nitrogens with one attached hydrogen (secondary N) is 3. The van der Waals surface area contributed by atoms with E-state index < -0.39 is 6.03 Å². The zero-order chi connectivity index (χ0) is 15.4. The quantitative estimate of drug-likeness (QED) is 0.810. The predicted molar refractivity (Wildman–Crippen MR) is 84.8 cm³/mol. The summed E-state index contributed by atoms with van der Waals surface area (Å²) in [7, 11) is 1.52. The highest BCUT2D eigenvalue weighted by atomic mass is 32.1. The summed E-state index contributed by atoms with van der Waals surface area (Å²) in [6.45, 7) is 4.15. The molecule has 1 aromatic heterocycles. The zero-order valence-electron chi connectivity index (χ0n) is 12.2. The van der Waals surface area contributed by atoms with Crippen LogP contribution < -0.4 is 16.0 Å². The molecular formula is C14H18N4O2S. The van der Waals surface area contributed by atoms with Gasteiger partial charge < -0.3 is 16.0 Å². The average Bonchev–Trinajstić information content (AvgIpc) is 2.88. The number of anilines is 1. The number of amides is 3. The van der Waals surface area contributed by atoms with Crippen LogP contribution in [0.15, 0.2) is 18.2 Å². The average molecular weight is 306 g/mol. The number of nitrogens with zero attached hydrogens (tertiary/aromatic N) is 1. The van der Waals surface area contributed by atoms with Crippen molar-refractivity contribution in [2.45, 2.75) is 19.8 Å². The van der Waals surface area contributed by atoms with Crippen molar-refractivity contribution in [1.29, 1.82) is 0 Å². The molecule has 7 heteroatoms. The monoisotopic (exact) mass is 306 g/mol. The minimum atomic E-state index is -0.411. The van der Waals surface area contributed by atoms with Gasteiger partial charge in [-0.2, -0.15) is 0 Å². The third-order valence-corrected chi connectivity index (χ3v) is 4.16. The Kier molecular flexibility index (Phi) is 4.74. The van der Waals surface area contributed by atoms with Crippen molar-refractivity contribution in [3.8, 4) is 0 Å². The van der Waals surface area contributed by atoms with E-state index in [-0.39, 0.29) is 12.5 Å². The molecule has 0 saturated carbocycles. The highest BCUT2D eigenvalue weighted by Crippen LogP contribution is 2.29. The lowest BCUT2D eigenvalue weighted by Gasteiger charge is -2.06. The van der Waals surface area contributed by atoms with Crippen LogP contribution in [0.2, 0.25) is 0 Å². The van der Waals surface area contributed by atoms with Gasteiger partial charge >= 0.3 is 6.03 Å². The summed E-state index contributed by atoms with van der Waals surface area (Å²) in [6.07, 6.45) is 0. The number of thiazole rings is 1. The molecule has 0 fully saturated rings. The number of aromatic nitrogens is 1. The van der Waals surface area contributed by atoms with Gasteiger partial charge in [0.25, 0.3) is 0 Å². The van der Waals surface area contributed by atoms with Crippen molar-refractivity contribution in [3.05, 3.63) is 23.2 Å². The molecule has 0 aliphatic rings. The van der Waals surface area contributed by atoms with E-state index in [2.05, 4.69) is 34.8 Å². The molecule has 3 N–H and O–H groups in total. The van der Waals surface area contributed by atoms with Gasteiger partial charge in [-0.05, 0) is 18.2 Å². The van der Waals surface area contributed by atoms with E-state index in [9.17, 15) is 9.59 Å². The van der Waals surface area contributed by atoms with Gasteiger partial charge in [0.1, 0.15) is 0 Å². The van der Waals surface area contributed by atoms with Crippen LogP contribution in [0.4, 0.5) is 10.5 Å². The Balaban J connectivity index is 2.05. The molecule has 2 aromatic rings. The maximum Gasteiger partial charge on any atom is 0.319 e. The Morgan fingerprint density at radius 2 is 2.10 bits per heavy atom. The standard InChI is InChI=1S/C14H18N4O2S/c1-8(2)13-18-10-5-4-9(6-11(10)21-13)17-14(20)16-7-12(19)15-3/h4-6,8H,7H2,1-3H3,(H,15,19)(H2,16,17,20). The highest BCUT2D eigenvalue weighted by molar-refractivity contribution is 7.18. The highest BCUT2D eigenvalue weighted by Gasteiger charge is 2.09. The Bertz CT molecular complexity index is 666. The number of benzene rings is 1. The fourth-order valence-corrected chi connectivity index (χ4v) is 2.70. The Hall–Kier alpha value is -2.15. The molecule has 6 nitrogen and oxygen atoms in total. The third-order valence-electron chi connectivity index (χ3n) is 2.85. The van der Waals surface area contributed by atoms with Crippen molar-refractivity contribution in [1.82, 2.24) is 15.6 Å². The molecule has 0 aliphatic heterocycles. The van der Waals surface area contributed by atoms with Crippen LogP contribution in [-0.2, 0) is 4.79 Å². The fraction of sp³-hybridized carbons (Fsp3) is 0.357. The second-order valence-electron chi connectivity index (χ2n) is 4.87. The molecule has 0 spiro atoms. The lowest BCUT2D eigenvalue weighted by atomic mass is 10.2. The van der Waals surface area contributed by atoms with Crippen molar-refractivity contribution < 1.29 is 9.59 Å². The van der Waals surface area contributed by atoms with E-state index in [0.717, 1.165) is 15.2 Å². The first kappa shape index (κ1) is 15.2. The molecular weight excluding hydrogens is 288 g/mol. The minimum Gasteiger partial charge on any atom is -0.358 e. The number of rotatable bonds is 4. The van der Waals surface area contributed by atoms with Crippen molar-refractivity contribution in [2.75, 3.05) is 18.9 Å². The number of likely N-dealkylation sites (N-methyl/N-ethyl adjacent to an activating group) is 1. The fourth-order valence-electron chi connectivity index (χ4n) is 1.69. The summed E-state index contributed by atoms with van der Waals surface area (Å²) in [5, 5.41) is 8.69. The van der Waals surface area contributed by atoms with Gasteiger partial charge in [0.2, 0.25) is 5.91 Å². The predicted octanol–water partition coefficient (Wildman–Crippen LogP) is 2.29. The first-order valence-corrected chi connectivity index (χ1v) is 7.47. The maximum atomic E-state index is 11.7. The largest absolute Gasteiger partial charge is 0.358 e. The molecule has 0 unspecified atom stereocenters. The number of hydrogen-bond donors (Lipinski definition) is 3. The lowest BCUT2D eigenvalue weighted by Crippen LogP contribution is -2.37. The van der Waals surface area contributed by atoms with E-state index in [0.29, 0.717) is 11.6 Å². The molecule has 1 aromatic carbocycles. The molecule has 0 radical (unpaired) electrons. The Morgan fingerprint density at radius 3 is 2.76 bits per heavy atom. The molecule has 0 bridgehead atoms. The molecule has 0 saturated heterocycles. The summed E-state index contributed by atoms with van der Waals surface area (Å²) in [4.78, 5) is 27.3. The van der Waals surface area contributed by atoms with Crippen LogP contribution in [0, 0.1) is 0 Å². The summed E-state index contributed by atoms with van der Waals surface area (Å²) in [5.41, 5.74) is 1.61. The Morgan fingerprint density at radius 1 is 1.33 bits per heavy atom. The van der Waals surface area contributed by atoms with Gasteiger partial charge in [-0.3, -0.25) is 4.79 Å². The van der Waals surface area contributed by atoms with Gasteiger partial charge in [-0.1, -0.05) is 13.8 Å². The maximum absolute atomic E-state index is 11.7. The van der Waals surface area contributed by atoms with Gasteiger partial charge in [0.05, 0.1) is 21.8 Å². The van der Waals surface area contributed by atoms with Gasteiger partial charge in [0.15, 0.2) is 0 Å². The van der Waals surface area contributed by atoms with Gasteiger partial charge in [-0.25, -0.2) is 9.78 Å². The lowest BCUT2D eigenvalue weighted by molar-refractivity contribution is -0.119. The van der Waals surface area contributed by atoms with Crippen LogP contribution >= 0.6 is 11.3 Å². The molecule has 112 valence electrons. The normalized spacial score (nSPS) is 10.7. The SMILES string of the molecule is CNC(=O)CNC(=O)Nc1ccc2nc(C(C)C)sc2c1. The van der Waals surface area contributed by atoms with E-state index in [1.54, 1.807) is 17.4 Å². The molecule has 0 aliphatic carbocycles. The van der Waals surface area contributed by atoms with Crippen LogP contribution in [0.25, 0.3) is 10.2 Å². The Labute approximate surface area is 127 Å². The number of hydrogen-bond acceptors (Lipinski definition) is 4. The number of carbonyl (C=O) groups is 2. The van der Waals surface area contributed by atoms with E-state index in [1.807, 2.05) is 12.1 Å². The van der Waals surface area contributed by atoms with Crippen molar-refractivity contribution in [3.63, 3.8) is 0 Å². The zero-order valence-corrected chi connectivity index (χ0v) is 13.0. The third kappa shape index (κ3) is 3.91. The summed E-state index contributed by atoms with van der Waals surface area (Å²) in [5.74, 6) is 0.138. The van der Waals surface area contributed by atoms with Crippen LogP contribution in [0.5, 0.6) is 0 Å². The smallest absolute Gasteiger partial charge is 0.319 e. The molecule has 1 heterocycles. The first-order valence-electron chi connectivity index (χ1n) is 6.65. The number of urea groups is 1. The summed E-state index contributed by atoms with van der Waals surface area (Å²) < 4.78 is 1.03. The van der Waals surface area contributed by atoms with E-state index in [1.165, 1.54) is 7.05 Å². The first-order chi connectivity index (χ1) is 9.99. The van der Waals surface area contributed by atoms with Gasteiger partial charge in [0, 0.05) is 18.7 Å². The number of carbonyl (C=O) groups excluding carboxylic acids is 2. The van der Waals surface area contributed by atoms with Crippen LogP contribution in [-0.4, -0.2) is 30.5 Å². The summed E-state index contributed by atoms with van der Waals surface area (Å²) in [6, 6.07) is 5.15. The van der Waals surface area contributed by atoms with E-state index >= 15 is 0 Å². The van der Waals surface area contributed by atoms with E-state index in [4.69, 9.17) is 0 Å².